The van der Waals surface area contributed by atoms with Gasteiger partial charge in [-0.3, -0.25) is 11.3 Å². The van der Waals surface area contributed by atoms with Gasteiger partial charge in [0.1, 0.15) is 0 Å². The van der Waals surface area contributed by atoms with Gasteiger partial charge in [-0.1, -0.05) is 29.8 Å². The second kappa shape index (κ2) is 6.73. The average molecular weight is 254 g/mol. The molecule has 0 aromatic heterocycles. The topological polar surface area (TPSA) is 113 Å². The predicted molar refractivity (Wildman–Crippen MR) is 66.8 cm³/mol. The van der Waals surface area contributed by atoms with Gasteiger partial charge in [-0.2, -0.15) is 0 Å². The summed E-state index contributed by atoms with van der Waals surface area (Å²) in [7, 11) is 0. The molecule has 6 nitrogen and oxygen atoms in total. The molecule has 1 aromatic rings. The lowest BCUT2D eigenvalue weighted by Crippen LogP contribution is -2.41. The van der Waals surface area contributed by atoms with E-state index in [1.54, 1.807) is 0 Å². The molecule has 0 saturated carbocycles. The van der Waals surface area contributed by atoms with E-state index in [9.17, 15) is 0 Å². The quantitative estimate of drug-likeness (QED) is 0.353. The van der Waals surface area contributed by atoms with E-state index in [0.29, 0.717) is 0 Å². The Hall–Kier alpha value is -1.92. The van der Waals surface area contributed by atoms with Crippen molar-refractivity contribution < 1.29 is 19.8 Å². The van der Waals surface area contributed by atoms with Crippen molar-refractivity contribution in [2.24, 2.45) is 5.84 Å². The third-order valence-electron chi connectivity index (χ3n) is 2.32. The largest absolute Gasteiger partial charge is 0.473 e. The first-order chi connectivity index (χ1) is 8.20. The van der Waals surface area contributed by atoms with E-state index in [-0.39, 0.29) is 5.54 Å². The minimum atomic E-state index is -1.82. The van der Waals surface area contributed by atoms with Crippen molar-refractivity contribution >= 4 is 11.9 Å². The normalized spacial score (nSPS) is 10.2. The van der Waals surface area contributed by atoms with Crippen molar-refractivity contribution in [1.82, 2.24) is 5.43 Å². The van der Waals surface area contributed by atoms with Gasteiger partial charge in [0.2, 0.25) is 0 Å². The zero-order chi connectivity index (χ0) is 14.3. The Morgan fingerprint density at radius 2 is 1.50 bits per heavy atom. The third-order valence-corrected chi connectivity index (χ3v) is 2.32. The number of hydrazine groups is 1. The molecular formula is C12H18N2O4. The van der Waals surface area contributed by atoms with Gasteiger partial charge >= 0.3 is 11.9 Å². The monoisotopic (exact) mass is 254 g/mol. The summed E-state index contributed by atoms with van der Waals surface area (Å²) in [6.07, 6.45) is 0. The predicted octanol–water partition coefficient (Wildman–Crippen LogP) is 0.849. The van der Waals surface area contributed by atoms with E-state index in [1.165, 1.54) is 11.1 Å². The van der Waals surface area contributed by atoms with Crippen molar-refractivity contribution in [2.45, 2.75) is 26.3 Å². The van der Waals surface area contributed by atoms with Crippen LogP contribution in [0.15, 0.2) is 24.3 Å². The van der Waals surface area contributed by atoms with Crippen LogP contribution in [0.4, 0.5) is 0 Å². The van der Waals surface area contributed by atoms with Gasteiger partial charge in [-0.15, -0.1) is 0 Å². The fourth-order valence-electron chi connectivity index (χ4n) is 1.05. The Morgan fingerprint density at radius 3 is 1.78 bits per heavy atom. The van der Waals surface area contributed by atoms with Crippen LogP contribution in [-0.2, 0) is 15.1 Å². The fraction of sp³-hybridized carbons (Fsp3) is 0.333. The van der Waals surface area contributed by atoms with Gasteiger partial charge in [0.15, 0.2) is 0 Å². The molecular weight excluding hydrogens is 236 g/mol. The van der Waals surface area contributed by atoms with E-state index in [0.717, 1.165) is 0 Å². The first-order valence-corrected chi connectivity index (χ1v) is 5.22. The highest BCUT2D eigenvalue weighted by Gasteiger charge is 2.17. The van der Waals surface area contributed by atoms with Gasteiger partial charge in [0, 0.05) is 0 Å². The lowest BCUT2D eigenvalue weighted by molar-refractivity contribution is -0.159. The molecule has 0 amide bonds. The van der Waals surface area contributed by atoms with Crippen LogP contribution in [0.1, 0.15) is 25.0 Å². The Morgan fingerprint density at radius 1 is 1.11 bits per heavy atom. The molecule has 18 heavy (non-hydrogen) atoms. The molecule has 0 unspecified atom stereocenters. The number of nitrogens with one attached hydrogen (secondary N) is 1. The number of hydrogen-bond donors (Lipinski definition) is 4. The highest BCUT2D eigenvalue weighted by molar-refractivity contribution is 6.27. The molecule has 0 spiro atoms. The van der Waals surface area contributed by atoms with Crippen molar-refractivity contribution in [3.8, 4) is 0 Å². The fourth-order valence-corrected chi connectivity index (χ4v) is 1.05. The molecule has 1 rings (SSSR count). The Labute approximate surface area is 105 Å². The summed E-state index contributed by atoms with van der Waals surface area (Å²) in [4.78, 5) is 18.2. The van der Waals surface area contributed by atoms with Crippen molar-refractivity contribution in [3.63, 3.8) is 0 Å². The van der Waals surface area contributed by atoms with Crippen LogP contribution >= 0.6 is 0 Å². The highest BCUT2D eigenvalue weighted by Crippen LogP contribution is 2.18. The number of aryl methyl sites for hydroxylation is 1. The summed E-state index contributed by atoms with van der Waals surface area (Å²) in [5.74, 6) is 1.78. The van der Waals surface area contributed by atoms with E-state index < -0.39 is 11.9 Å². The van der Waals surface area contributed by atoms with Crippen molar-refractivity contribution in [2.75, 3.05) is 0 Å². The number of benzene rings is 1. The Kier molecular flexibility index (Phi) is 6.01. The van der Waals surface area contributed by atoms with Gasteiger partial charge < -0.3 is 10.2 Å². The van der Waals surface area contributed by atoms with Gasteiger partial charge in [0.05, 0.1) is 5.54 Å². The smallest absolute Gasteiger partial charge is 0.414 e. The number of aliphatic carboxylic acids is 2. The summed E-state index contributed by atoms with van der Waals surface area (Å²) in [6, 6.07) is 8.37. The lowest BCUT2D eigenvalue weighted by atomic mass is 9.94. The second-order valence-corrected chi connectivity index (χ2v) is 4.25. The number of carbonyl (C=O) groups is 2. The minimum Gasteiger partial charge on any atom is -0.473 e. The maximum Gasteiger partial charge on any atom is 0.414 e. The zero-order valence-corrected chi connectivity index (χ0v) is 10.6. The van der Waals surface area contributed by atoms with E-state index in [1.807, 2.05) is 0 Å². The molecule has 0 bridgehead atoms. The van der Waals surface area contributed by atoms with Crippen molar-refractivity contribution in [3.05, 3.63) is 35.4 Å². The number of hydrogen-bond acceptors (Lipinski definition) is 4. The SMILES string of the molecule is Cc1ccc(C(C)(C)NN)cc1.O=C(O)C(=O)O. The molecule has 0 saturated heterocycles. The molecule has 0 aliphatic rings. The van der Waals surface area contributed by atoms with Crippen molar-refractivity contribution in [1.29, 1.82) is 0 Å². The van der Waals surface area contributed by atoms with Crippen LogP contribution in [0.5, 0.6) is 0 Å². The van der Waals surface area contributed by atoms with Crippen LogP contribution in [-0.4, -0.2) is 22.2 Å². The van der Waals surface area contributed by atoms with E-state index >= 15 is 0 Å². The zero-order valence-electron chi connectivity index (χ0n) is 10.6. The summed E-state index contributed by atoms with van der Waals surface area (Å²) >= 11 is 0. The Bertz CT molecular complexity index is 401. The van der Waals surface area contributed by atoms with Gasteiger partial charge in [-0.25, -0.2) is 9.59 Å². The average Bonchev–Trinajstić information content (AvgIpc) is 2.30. The molecule has 0 aliphatic carbocycles. The number of nitrogens with two attached hydrogens (primary N) is 1. The minimum absolute atomic E-state index is 0.145. The molecule has 5 N–H and O–H groups in total. The Balaban J connectivity index is 0.000000411. The summed E-state index contributed by atoms with van der Waals surface area (Å²) in [6.45, 7) is 6.18. The van der Waals surface area contributed by atoms with Crippen LogP contribution < -0.4 is 11.3 Å². The molecule has 0 fully saturated rings. The molecule has 0 atom stereocenters. The summed E-state index contributed by atoms with van der Waals surface area (Å²) in [5, 5.41) is 14.8. The second-order valence-electron chi connectivity index (χ2n) is 4.25. The summed E-state index contributed by atoms with van der Waals surface area (Å²) < 4.78 is 0. The lowest BCUT2D eigenvalue weighted by Gasteiger charge is -2.24. The third kappa shape index (κ3) is 5.42. The van der Waals surface area contributed by atoms with Crippen LogP contribution in [0.3, 0.4) is 0 Å². The van der Waals surface area contributed by atoms with E-state index in [4.69, 9.17) is 25.6 Å². The van der Waals surface area contributed by atoms with Crippen LogP contribution in [0.25, 0.3) is 0 Å². The number of carboxylic acids is 2. The molecule has 0 heterocycles. The van der Waals surface area contributed by atoms with Gasteiger partial charge in [-0.05, 0) is 26.3 Å². The standard InChI is InChI=1S/C10H16N2.C2H2O4/c1-8-4-6-9(7-5-8)10(2,3)12-11;3-1(4)2(5)6/h4-7,12H,11H2,1-3H3;(H,3,4)(H,5,6). The highest BCUT2D eigenvalue weighted by atomic mass is 16.4. The molecule has 100 valence electrons. The molecule has 6 heteroatoms. The number of rotatable bonds is 2. The molecule has 0 radical (unpaired) electrons. The first-order valence-electron chi connectivity index (χ1n) is 5.22. The first kappa shape index (κ1) is 16.1. The van der Waals surface area contributed by atoms with Crippen LogP contribution in [0, 0.1) is 6.92 Å². The molecule has 0 aliphatic heterocycles. The summed E-state index contributed by atoms with van der Waals surface area (Å²) in [5.41, 5.74) is 5.11. The maximum atomic E-state index is 9.10. The molecule has 1 aromatic carbocycles. The number of carboxylic acid groups (broad SMARTS) is 2. The maximum absolute atomic E-state index is 9.10. The van der Waals surface area contributed by atoms with E-state index in [2.05, 4.69) is 50.5 Å². The van der Waals surface area contributed by atoms with Crippen LogP contribution in [0.2, 0.25) is 0 Å². The van der Waals surface area contributed by atoms with Gasteiger partial charge in [0.25, 0.3) is 0 Å².